The lowest BCUT2D eigenvalue weighted by Crippen LogP contribution is -1.95. The minimum atomic E-state index is 1.08. The van der Waals surface area contributed by atoms with Crippen LogP contribution in [0.3, 0.4) is 0 Å². The van der Waals surface area contributed by atoms with Crippen LogP contribution in [0.4, 0.5) is 0 Å². The number of fused-ring (bicyclic) bond motifs is 7. The van der Waals surface area contributed by atoms with Crippen molar-refractivity contribution < 1.29 is 0 Å². The van der Waals surface area contributed by atoms with Crippen molar-refractivity contribution in [2.24, 2.45) is 0 Å². The molecule has 0 fully saturated rings. The molecule has 156 valence electrons. The summed E-state index contributed by atoms with van der Waals surface area (Å²) in [6, 6.07) is 41.1. The molecule has 0 saturated heterocycles. The molecular weight excluding hydrogens is 468 g/mol. The van der Waals surface area contributed by atoms with E-state index < -0.39 is 0 Å². The molecule has 0 unspecified atom stereocenters. The molecule has 33 heavy (non-hydrogen) atoms. The van der Waals surface area contributed by atoms with Gasteiger partial charge in [0.2, 0.25) is 0 Å². The van der Waals surface area contributed by atoms with Gasteiger partial charge in [-0.25, -0.2) is 0 Å². The summed E-state index contributed by atoms with van der Waals surface area (Å²) in [7, 11) is 0. The van der Waals surface area contributed by atoms with Crippen LogP contribution in [0, 0.1) is 0 Å². The Labute approximate surface area is 199 Å². The molecule has 7 aromatic rings. The van der Waals surface area contributed by atoms with Crippen LogP contribution >= 0.6 is 15.9 Å². The molecule has 0 radical (unpaired) electrons. The number of benzene rings is 5. The largest absolute Gasteiger partial charge is 0.309 e. The van der Waals surface area contributed by atoms with E-state index in [1.54, 1.807) is 0 Å². The number of nitrogens with zero attached hydrogens (tertiary/aromatic N) is 2. The maximum Gasteiger partial charge on any atom is 0.0641 e. The zero-order valence-corrected chi connectivity index (χ0v) is 19.3. The van der Waals surface area contributed by atoms with Crippen molar-refractivity contribution in [1.29, 1.82) is 0 Å². The highest BCUT2D eigenvalue weighted by Crippen LogP contribution is 2.42. The minimum Gasteiger partial charge on any atom is -0.309 e. The Morgan fingerprint density at radius 2 is 1.09 bits per heavy atom. The third-order valence-corrected chi connectivity index (χ3v) is 7.25. The van der Waals surface area contributed by atoms with Gasteiger partial charge in [0.05, 0.1) is 27.8 Å². The van der Waals surface area contributed by atoms with Gasteiger partial charge < -0.3 is 9.13 Å². The van der Waals surface area contributed by atoms with Gasteiger partial charge in [0, 0.05) is 31.7 Å². The molecule has 0 N–H and O–H groups in total. The molecule has 2 nitrogen and oxygen atoms in total. The average Bonchev–Trinajstić information content (AvgIpc) is 3.38. The van der Waals surface area contributed by atoms with E-state index in [0.717, 1.165) is 10.2 Å². The molecular formula is C30H19BrN2. The Kier molecular flexibility index (Phi) is 4.02. The number of hydrogen-bond donors (Lipinski definition) is 0. The van der Waals surface area contributed by atoms with Crippen LogP contribution in [0.2, 0.25) is 0 Å². The topological polar surface area (TPSA) is 9.86 Å². The highest BCUT2D eigenvalue weighted by molar-refractivity contribution is 9.10. The van der Waals surface area contributed by atoms with Crippen molar-refractivity contribution in [2.45, 2.75) is 0 Å². The summed E-state index contributed by atoms with van der Waals surface area (Å²) in [6.45, 7) is 0. The van der Waals surface area contributed by atoms with Gasteiger partial charge >= 0.3 is 0 Å². The fourth-order valence-corrected chi connectivity index (χ4v) is 5.71. The van der Waals surface area contributed by atoms with Crippen LogP contribution in [0.5, 0.6) is 0 Å². The van der Waals surface area contributed by atoms with Gasteiger partial charge in [-0.1, -0.05) is 72.8 Å². The molecule has 2 heterocycles. The quantitative estimate of drug-likeness (QED) is 0.231. The summed E-state index contributed by atoms with van der Waals surface area (Å²) in [4.78, 5) is 0. The number of rotatable bonds is 2. The second-order valence-corrected chi connectivity index (χ2v) is 9.20. The monoisotopic (exact) mass is 486 g/mol. The lowest BCUT2D eigenvalue weighted by atomic mass is 10.1. The highest BCUT2D eigenvalue weighted by Gasteiger charge is 2.20. The standard InChI is InChI=1S/C30H19BrN2/c31-24-14-6-9-17-27(24)33-26-16-8-5-13-23(26)29-28(33)19-18-22-21-12-4-7-15-25(21)32(30(22)29)20-10-2-1-3-11-20/h1-19H. The lowest BCUT2D eigenvalue weighted by molar-refractivity contribution is 1.16. The van der Waals surface area contributed by atoms with E-state index in [1.807, 2.05) is 0 Å². The Hall–Kier alpha value is -3.82. The number of aromatic nitrogens is 2. The van der Waals surface area contributed by atoms with Crippen LogP contribution in [0.15, 0.2) is 120 Å². The fraction of sp³-hybridized carbons (Fsp3) is 0. The van der Waals surface area contributed by atoms with E-state index in [-0.39, 0.29) is 0 Å². The Morgan fingerprint density at radius 1 is 0.455 bits per heavy atom. The van der Waals surface area contributed by atoms with E-state index in [4.69, 9.17) is 0 Å². The highest BCUT2D eigenvalue weighted by atomic mass is 79.9. The number of hydrogen-bond acceptors (Lipinski definition) is 0. The van der Waals surface area contributed by atoms with Crippen LogP contribution in [0.25, 0.3) is 55.0 Å². The summed E-state index contributed by atoms with van der Waals surface area (Å²) in [6.07, 6.45) is 0. The molecule has 7 rings (SSSR count). The van der Waals surface area contributed by atoms with Crippen molar-refractivity contribution in [3.05, 3.63) is 120 Å². The summed E-state index contributed by atoms with van der Waals surface area (Å²) < 4.78 is 5.88. The predicted octanol–water partition coefficient (Wildman–Crippen LogP) is 8.64. The molecule has 0 aliphatic heterocycles. The number of halogens is 1. The molecule has 2 aromatic heterocycles. The first-order valence-corrected chi connectivity index (χ1v) is 11.9. The van der Waals surface area contributed by atoms with Gasteiger partial charge in [-0.2, -0.15) is 0 Å². The third-order valence-electron chi connectivity index (χ3n) is 6.58. The second-order valence-electron chi connectivity index (χ2n) is 8.35. The van der Waals surface area contributed by atoms with Crippen molar-refractivity contribution in [3.8, 4) is 11.4 Å². The molecule has 0 aliphatic carbocycles. The van der Waals surface area contributed by atoms with Crippen LogP contribution in [-0.4, -0.2) is 9.13 Å². The molecule has 3 heteroatoms. The Bertz CT molecular complexity index is 1820. The fourth-order valence-electron chi connectivity index (χ4n) is 5.25. The summed E-state index contributed by atoms with van der Waals surface area (Å²) in [5, 5.41) is 5.08. The lowest BCUT2D eigenvalue weighted by Gasteiger charge is -2.11. The van der Waals surface area contributed by atoms with E-state index in [0.29, 0.717) is 0 Å². The van der Waals surface area contributed by atoms with Gasteiger partial charge in [-0.05, 0) is 58.4 Å². The van der Waals surface area contributed by atoms with Gasteiger partial charge in [0.25, 0.3) is 0 Å². The maximum atomic E-state index is 3.79. The van der Waals surface area contributed by atoms with E-state index in [2.05, 4.69) is 140 Å². The van der Waals surface area contributed by atoms with Gasteiger partial charge in [0.1, 0.15) is 0 Å². The summed E-state index contributed by atoms with van der Waals surface area (Å²) >= 11 is 3.79. The molecule has 5 aromatic carbocycles. The zero-order valence-electron chi connectivity index (χ0n) is 17.7. The van der Waals surface area contributed by atoms with E-state index in [1.165, 1.54) is 49.3 Å². The predicted molar refractivity (Wildman–Crippen MR) is 143 cm³/mol. The Morgan fingerprint density at radius 3 is 1.88 bits per heavy atom. The van der Waals surface area contributed by atoms with Crippen LogP contribution < -0.4 is 0 Å². The minimum absolute atomic E-state index is 1.08. The van der Waals surface area contributed by atoms with E-state index >= 15 is 0 Å². The molecule has 0 spiro atoms. The van der Waals surface area contributed by atoms with E-state index in [9.17, 15) is 0 Å². The zero-order chi connectivity index (χ0) is 21.9. The first-order valence-electron chi connectivity index (χ1n) is 11.1. The van der Waals surface area contributed by atoms with Gasteiger partial charge in [-0.3, -0.25) is 0 Å². The van der Waals surface area contributed by atoms with Crippen molar-refractivity contribution >= 4 is 59.5 Å². The van der Waals surface area contributed by atoms with Gasteiger partial charge in [-0.15, -0.1) is 0 Å². The summed E-state index contributed by atoms with van der Waals surface area (Å²) in [5.74, 6) is 0. The Balaban J connectivity index is 1.77. The molecule has 0 aliphatic rings. The molecule has 0 bridgehead atoms. The second kappa shape index (κ2) is 7.09. The van der Waals surface area contributed by atoms with Crippen molar-refractivity contribution in [1.82, 2.24) is 9.13 Å². The first-order chi connectivity index (χ1) is 16.3. The summed E-state index contributed by atoms with van der Waals surface area (Å²) in [5.41, 5.74) is 7.21. The van der Waals surface area contributed by atoms with Crippen molar-refractivity contribution in [2.75, 3.05) is 0 Å². The van der Waals surface area contributed by atoms with Crippen LogP contribution in [-0.2, 0) is 0 Å². The molecule has 0 saturated carbocycles. The normalized spacial score (nSPS) is 11.8. The van der Waals surface area contributed by atoms with Crippen LogP contribution in [0.1, 0.15) is 0 Å². The maximum absolute atomic E-state index is 3.79. The smallest absolute Gasteiger partial charge is 0.0641 e. The SMILES string of the molecule is Brc1ccccc1-n1c2ccccc2c2c1ccc1c3ccccc3n(-c3ccccc3)c12. The third kappa shape index (κ3) is 2.60. The van der Waals surface area contributed by atoms with Gasteiger partial charge in [0.15, 0.2) is 0 Å². The first kappa shape index (κ1) is 18.7. The molecule has 0 atom stereocenters. The van der Waals surface area contributed by atoms with Crippen molar-refractivity contribution in [3.63, 3.8) is 0 Å². The molecule has 0 amide bonds. The average molecular weight is 487 g/mol. The number of para-hydroxylation sites is 4.